The molecule has 1 N–H and O–H groups in total. The van der Waals surface area contributed by atoms with Crippen molar-refractivity contribution in [2.45, 2.75) is 6.54 Å². The van der Waals surface area contributed by atoms with Crippen LogP contribution in [0.1, 0.15) is 15.2 Å². The molecule has 0 aliphatic rings. The van der Waals surface area contributed by atoms with E-state index in [-0.39, 0.29) is 11.7 Å². The van der Waals surface area contributed by atoms with Crippen LogP contribution >= 0.6 is 27.3 Å². The lowest BCUT2D eigenvalue weighted by Gasteiger charge is -2.03. The molecule has 5 heteroatoms. The largest absolute Gasteiger partial charge is 0.347 e. The zero-order valence-electron chi connectivity index (χ0n) is 8.74. The smallest absolute Gasteiger partial charge is 0.261 e. The summed E-state index contributed by atoms with van der Waals surface area (Å²) >= 11 is 4.68. The van der Waals surface area contributed by atoms with Crippen LogP contribution in [0, 0.1) is 5.82 Å². The molecule has 0 saturated heterocycles. The van der Waals surface area contributed by atoms with Crippen molar-refractivity contribution in [3.63, 3.8) is 0 Å². The van der Waals surface area contributed by atoms with Crippen LogP contribution in [0.4, 0.5) is 4.39 Å². The fourth-order valence-corrected chi connectivity index (χ4v) is 2.61. The number of hydrogen-bond acceptors (Lipinski definition) is 2. The lowest BCUT2D eigenvalue weighted by molar-refractivity contribution is 0.0955. The molecular weight excluding hydrogens is 305 g/mol. The van der Waals surface area contributed by atoms with Crippen LogP contribution in [0.25, 0.3) is 0 Å². The van der Waals surface area contributed by atoms with Crippen molar-refractivity contribution in [3.05, 3.63) is 56.4 Å². The summed E-state index contributed by atoms with van der Waals surface area (Å²) in [6.07, 6.45) is 0. The molecule has 0 radical (unpaired) electrons. The second-order valence-corrected chi connectivity index (χ2v) is 5.88. The Morgan fingerprint density at radius 3 is 2.53 bits per heavy atom. The van der Waals surface area contributed by atoms with Gasteiger partial charge in [-0.1, -0.05) is 12.1 Å². The Labute approximate surface area is 111 Å². The summed E-state index contributed by atoms with van der Waals surface area (Å²) in [5, 5.41) is 2.78. The Balaban J connectivity index is 1.94. The van der Waals surface area contributed by atoms with Gasteiger partial charge >= 0.3 is 0 Å². The molecular formula is C12H9BrFNOS. The SMILES string of the molecule is O=C(NCc1ccc(F)cc1)c1ccc(Br)s1. The standard InChI is InChI=1S/C12H9BrFNOS/c13-11-6-5-10(17-11)12(16)15-7-8-1-3-9(14)4-2-8/h1-6H,7H2,(H,15,16). The number of carbonyl (C=O) groups is 1. The van der Waals surface area contributed by atoms with E-state index in [2.05, 4.69) is 21.2 Å². The highest BCUT2D eigenvalue weighted by molar-refractivity contribution is 9.11. The number of benzene rings is 1. The average Bonchev–Trinajstić information content (AvgIpc) is 2.75. The van der Waals surface area contributed by atoms with Crippen LogP contribution in [0.5, 0.6) is 0 Å². The van der Waals surface area contributed by atoms with Gasteiger partial charge < -0.3 is 5.32 Å². The molecule has 0 aliphatic heterocycles. The van der Waals surface area contributed by atoms with Crippen molar-refractivity contribution < 1.29 is 9.18 Å². The van der Waals surface area contributed by atoms with Gasteiger partial charge in [-0.2, -0.15) is 0 Å². The minimum Gasteiger partial charge on any atom is -0.347 e. The Bertz CT molecular complexity index is 524. The summed E-state index contributed by atoms with van der Waals surface area (Å²) in [6, 6.07) is 9.65. The zero-order valence-corrected chi connectivity index (χ0v) is 11.1. The maximum atomic E-state index is 12.7. The fourth-order valence-electron chi connectivity index (χ4n) is 1.31. The first-order valence-electron chi connectivity index (χ1n) is 4.93. The zero-order chi connectivity index (χ0) is 12.3. The third-order valence-electron chi connectivity index (χ3n) is 2.16. The van der Waals surface area contributed by atoms with Gasteiger partial charge in [0.05, 0.1) is 8.66 Å². The summed E-state index contributed by atoms with van der Waals surface area (Å²) in [4.78, 5) is 12.4. The Hall–Kier alpha value is -1.20. The number of hydrogen-bond donors (Lipinski definition) is 1. The van der Waals surface area contributed by atoms with Gasteiger partial charge in [0.25, 0.3) is 5.91 Å². The van der Waals surface area contributed by atoms with E-state index < -0.39 is 0 Å². The molecule has 0 saturated carbocycles. The monoisotopic (exact) mass is 313 g/mol. The van der Waals surface area contributed by atoms with Crippen LogP contribution in [0.15, 0.2) is 40.2 Å². The minimum absolute atomic E-state index is 0.120. The molecule has 1 amide bonds. The molecule has 2 nitrogen and oxygen atoms in total. The highest BCUT2D eigenvalue weighted by Crippen LogP contribution is 2.21. The fraction of sp³-hybridized carbons (Fsp3) is 0.0833. The molecule has 0 atom stereocenters. The van der Waals surface area contributed by atoms with E-state index in [0.29, 0.717) is 11.4 Å². The summed E-state index contributed by atoms with van der Waals surface area (Å²) in [5.74, 6) is -0.396. The maximum Gasteiger partial charge on any atom is 0.261 e. The first-order chi connectivity index (χ1) is 8.15. The van der Waals surface area contributed by atoms with Crippen LogP contribution in [-0.2, 0) is 6.54 Å². The summed E-state index contributed by atoms with van der Waals surface area (Å²) in [5.41, 5.74) is 0.871. The Morgan fingerprint density at radius 1 is 1.24 bits per heavy atom. The molecule has 0 unspecified atom stereocenters. The number of halogens is 2. The van der Waals surface area contributed by atoms with Gasteiger partial charge in [0, 0.05) is 6.54 Å². The molecule has 0 spiro atoms. The molecule has 0 fully saturated rings. The van der Waals surface area contributed by atoms with Crippen LogP contribution < -0.4 is 5.32 Å². The predicted molar refractivity (Wildman–Crippen MR) is 69.6 cm³/mol. The van der Waals surface area contributed by atoms with Gasteiger partial charge in [-0.15, -0.1) is 11.3 Å². The van der Waals surface area contributed by atoms with Crippen molar-refractivity contribution in [2.24, 2.45) is 0 Å². The number of rotatable bonds is 3. The van der Waals surface area contributed by atoms with Gasteiger partial charge in [-0.25, -0.2) is 4.39 Å². The van der Waals surface area contributed by atoms with E-state index in [0.717, 1.165) is 9.35 Å². The molecule has 2 rings (SSSR count). The summed E-state index contributed by atoms with van der Waals surface area (Å²) in [7, 11) is 0. The lowest BCUT2D eigenvalue weighted by Crippen LogP contribution is -2.21. The van der Waals surface area contributed by atoms with E-state index in [9.17, 15) is 9.18 Å². The molecule has 0 bridgehead atoms. The highest BCUT2D eigenvalue weighted by Gasteiger charge is 2.07. The number of amides is 1. The maximum absolute atomic E-state index is 12.7. The van der Waals surface area contributed by atoms with E-state index in [4.69, 9.17) is 0 Å². The molecule has 1 heterocycles. The summed E-state index contributed by atoms with van der Waals surface area (Å²) < 4.78 is 13.6. The van der Waals surface area contributed by atoms with Crippen molar-refractivity contribution >= 4 is 33.2 Å². The number of thiophene rings is 1. The van der Waals surface area contributed by atoms with E-state index in [1.807, 2.05) is 6.07 Å². The van der Waals surface area contributed by atoms with E-state index >= 15 is 0 Å². The van der Waals surface area contributed by atoms with Gasteiger partial charge in [-0.3, -0.25) is 4.79 Å². The molecule has 17 heavy (non-hydrogen) atoms. The molecule has 1 aromatic carbocycles. The van der Waals surface area contributed by atoms with Gasteiger partial charge in [-0.05, 0) is 45.8 Å². The third kappa shape index (κ3) is 3.38. The van der Waals surface area contributed by atoms with Crippen LogP contribution in [0.3, 0.4) is 0 Å². The molecule has 0 aliphatic carbocycles. The van der Waals surface area contributed by atoms with Crippen molar-refractivity contribution in [1.82, 2.24) is 5.32 Å². The second-order valence-electron chi connectivity index (χ2n) is 3.41. The van der Waals surface area contributed by atoms with E-state index in [1.54, 1.807) is 18.2 Å². The van der Waals surface area contributed by atoms with Gasteiger partial charge in [0.1, 0.15) is 5.82 Å². The molecule has 2 aromatic rings. The van der Waals surface area contributed by atoms with Crippen LogP contribution in [-0.4, -0.2) is 5.91 Å². The van der Waals surface area contributed by atoms with Crippen molar-refractivity contribution in [2.75, 3.05) is 0 Å². The van der Waals surface area contributed by atoms with Crippen molar-refractivity contribution in [1.29, 1.82) is 0 Å². The molecule has 1 aromatic heterocycles. The van der Waals surface area contributed by atoms with E-state index in [1.165, 1.54) is 23.5 Å². The summed E-state index contributed by atoms with van der Waals surface area (Å²) in [6.45, 7) is 0.397. The Morgan fingerprint density at radius 2 is 1.94 bits per heavy atom. The second kappa shape index (κ2) is 5.42. The molecule has 88 valence electrons. The minimum atomic E-state index is -0.276. The average molecular weight is 314 g/mol. The van der Waals surface area contributed by atoms with Gasteiger partial charge in [0.2, 0.25) is 0 Å². The lowest BCUT2D eigenvalue weighted by atomic mass is 10.2. The van der Waals surface area contributed by atoms with Gasteiger partial charge in [0.15, 0.2) is 0 Å². The quantitative estimate of drug-likeness (QED) is 0.922. The van der Waals surface area contributed by atoms with Crippen molar-refractivity contribution in [3.8, 4) is 0 Å². The van der Waals surface area contributed by atoms with Crippen LogP contribution in [0.2, 0.25) is 0 Å². The topological polar surface area (TPSA) is 29.1 Å². The first kappa shape index (κ1) is 12.3. The third-order valence-corrected chi connectivity index (χ3v) is 3.79. The first-order valence-corrected chi connectivity index (χ1v) is 6.54. The highest BCUT2D eigenvalue weighted by atomic mass is 79.9. The Kier molecular flexibility index (Phi) is 3.91. The number of carbonyl (C=O) groups excluding carboxylic acids is 1. The predicted octanol–water partition coefficient (Wildman–Crippen LogP) is 3.58. The number of nitrogens with one attached hydrogen (secondary N) is 1. The normalized spacial score (nSPS) is 10.2.